The fourth-order valence-corrected chi connectivity index (χ4v) is 4.18. The minimum absolute atomic E-state index is 0.0140. The Kier molecular flexibility index (Phi) is 6.92. The molecule has 2 aromatic carbocycles. The highest BCUT2D eigenvalue weighted by Crippen LogP contribution is 2.30. The number of amides is 1. The number of carbonyl (C=O) groups excluding carboxylic acids is 2. The van der Waals surface area contributed by atoms with Crippen LogP contribution in [0, 0.1) is 0 Å². The van der Waals surface area contributed by atoms with Gasteiger partial charge in [-0.15, -0.1) is 0 Å². The number of hydrogen-bond donors (Lipinski definition) is 2. The molecule has 2 aliphatic rings. The summed E-state index contributed by atoms with van der Waals surface area (Å²) < 4.78 is 5.26. The summed E-state index contributed by atoms with van der Waals surface area (Å²) in [6, 6.07) is 16.3. The molecule has 2 aromatic rings. The van der Waals surface area contributed by atoms with Crippen molar-refractivity contribution in [1.82, 2.24) is 10.2 Å². The molecule has 1 atom stereocenters. The molecule has 0 saturated carbocycles. The first kappa shape index (κ1) is 23.0. The van der Waals surface area contributed by atoms with Crippen LogP contribution in [0.4, 0.5) is 4.79 Å². The molecule has 0 aromatic heterocycles. The van der Waals surface area contributed by atoms with Gasteiger partial charge in [0.25, 0.3) is 0 Å². The first-order valence-electron chi connectivity index (χ1n) is 11.1. The second-order valence-corrected chi connectivity index (χ2v) is 8.39. The number of fused-ring (bicyclic) bond motifs is 1. The number of benzene rings is 2. The van der Waals surface area contributed by atoms with Gasteiger partial charge in [0.15, 0.2) is 5.78 Å². The molecule has 0 fully saturated rings. The van der Waals surface area contributed by atoms with Crippen LogP contribution in [0.5, 0.6) is 0 Å². The number of ketones is 1. The fourth-order valence-electron chi connectivity index (χ4n) is 4.18. The third-order valence-corrected chi connectivity index (χ3v) is 5.79. The lowest BCUT2D eigenvalue weighted by Gasteiger charge is -2.29. The van der Waals surface area contributed by atoms with Gasteiger partial charge in [0.2, 0.25) is 0 Å². The number of carboxylic acids is 1. The van der Waals surface area contributed by atoms with Crippen LogP contribution in [0.2, 0.25) is 0 Å². The number of aliphatic carboxylic acids is 1. The average molecular weight is 459 g/mol. The summed E-state index contributed by atoms with van der Waals surface area (Å²) in [5.74, 6) is -1.22. The van der Waals surface area contributed by atoms with Crippen LogP contribution in [-0.4, -0.2) is 47.5 Å². The van der Waals surface area contributed by atoms with Gasteiger partial charge < -0.3 is 20.1 Å². The van der Waals surface area contributed by atoms with E-state index in [4.69, 9.17) is 4.74 Å². The van der Waals surface area contributed by atoms with Crippen molar-refractivity contribution in [3.63, 3.8) is 0 Å². The monoisotopic (exact) mass is 458 g/mol. The van der Waals surface area contributed by atoms with Crippen molar-refractivity contribution in [2.75, 3.05) is 13.6 Å². The molecule has 0 radical (unpaired) electrons. The molecule has 2 N–H and O–H groups in total. The number of likely N-dealkylation sites (N-methyl/N-ethyl adjacent to an activating group) is 1. The summed E-state index contributed by atoms with van der Waals surface area (Å²) in [4.78, 5) is 38.6. The zero-order valence-corrected chi connectivity index (χ0v) is 18.9. The fraction of sp³-hybridized carbons (Fsp3) is 0.222. The maximum atomic E-state index is 12.5. The Balaban J connectivity index is 1.38. The lowest BCUT2D eigenvalue weighted by Crippen LogP contribution is -2.42. The summed E-state index contributed by atoms with van der Waals surface area (Å²) >= 11 is 0. The van der Waals surface area contributed by atoms with E-state index in [0.717, 1.165) is 22.3 Å². The Labute approximate surface area is 198 Å². The predicted octanol–water partition coefficient (Wildman–Crippen LogP) is 4.08. The topological polar surface area (TPSA) is 95.9 Å². The van der Waals surface area contributed by atoms with Gasteiger partial charge in [-0.3, -0.25) is 4.79 Å². The van der Waals surface area contributed by atoms with E-state index >= 15 is 0 Å². The second-order valence-electron chi connectivity index (χ2n) is 8.39. The van der Waals surface area contributed by atoms with Gasteiger partial charge in [-0.2, -0.15) is 0 Å². The lowest BCUT2D eigenvalue weighted by atomic mass is 9.86. The minimum atomic E-state index is -1.21. The van der Waals surface area contributed by atoms with Gasteiger partial charge in [-0.05, 0) is 22.3 Å². The third-order valence-electron chi connectivity index (χ3n) is 5.79. The van der Waals surface area contributed by atoms with Gasteiger partial charge in [0, 0.05) is 43.8 Å². The molecule has 1 aliphatic carbocycles. The lowest BCUT2D eigenvalue weighted by molar-refractivity contribution is -0.139. The van der Waals surface area contributed by atoms with Gasteiger partial charge in [-0.1, -0.05) is 66.7 Å². The zero-order chi connectivity index (χ0) is 24.1. The van der Waals surface area contributed by atoms with Crippen LogP contribution in [0.3, 0.4) is 0 Å². The van der Waals surface area contributed by atoms with Crippen molar-refractivity contribution < 1.29 is 24.2 Å². The summed E-state index contributed by atoms with van der Waals surface area (Å²) in [5, 5.41) is 12.1. The standard InChI is InChI=1S/C27H26N2O5/c1-29-15-21-8-5-9-24(30)25(21)22(16-29)14-23(26(31)32)28-27(33)34-17-18-10-12-20(13-11-18)19-6-3-2-4-7-19/h2-8,10-13,15,23H,9,14,16-17H2,1H3,(H,28,33)(H,31,32)/t23-/m1/s1. The number of Topliss-reactive ketones (excluding diaryl/α,β-unsaturated/α-hetero) is 1. The molecule has 34 heavy (non-hydrogen) atoms. The van der Waals surface area contributed by atoms with Crippen LogP contribution in [-0.2, 0) is 20.9 Å². The van der Waals surface area contributed by atoms with Crippen molar-refractivity contribution >= 4 is 17.8 Å². The first-order valence-corrected chi connectivity index (χ1v) is 11.1. The Hall–Kier alpha value is -4.13. The number of nitrogens with one attached hydrogen (secondary N) is 1. The summed E-state index contributed by atoms with van der Waals surface area (Å²) in [7, 11) is 1.86. The summed E-state index contributed by atoms with van der Waals surface area (Å²) in [6.07, 6.45) is 5.02. The highest BCUT2D eigenvalue weighted by atomic mass is 16.5. The highest BCUT2D eigenvalue weighted by Gasteiger charge is 2.29. The van der Waals surface area contributed by atoms with Crippen LogP contribution in [0.1, 0.15) is 18.4 Å². The van der Waals surface area contributed by atoms with Crippen molar-refractivity contribution in [3.05, 3.63) is 95.2 Å². The van der Waals surface area contributed by atoms with Crippen LogP contribution < -0.4 is 5.32 Å². The Morgan fingerprint density at radius 3 is 2.50 bits per heavy atom. The molecule has 0 spiro atoms. The van der Waals surface area contributed by atoms with Gasteiger partial charge in [-0.25, -0.2) is 9.59 Å². The number of carbonyl (C=O) groups is 3. The van der Waals surface area contributed by atoms with Crippen molar-refractivity contribution in [3.8, 4) is 11.1 Å². The van der Waals surface area contributed by atoms with Gasteiger partial charge in [0.05, 0.1) is 0 Å². The molecule has 0 bridgehead atoms. The molecule has 1 heterocycles. The molecule has 7 heteroatoms. The molecule has 0 unspecified atom stereocenters. The largest absolute Gasteiger partial charge is 0.480 e. The van der Waals surface area contributed by atoms with Crippen molar-refractivity contribution in [1.29, 1.82) is 0 Å². The van der Waals surface area contributed by atoms with E-state index in [9.17, 15) is 19.5 Å². The van der Waals surface area contributed by atoms with E-state index < -0.39 is 18.1 Å². The summed E-state index contributed by atoms with van der Waals surface area (Å²) in [5.41, 5.74) is 4.94. The number of alkyl carbamates (subject to hydrolysis) is 1. The van der Waals surface area contributed by atoms with Crippen LogP contribution in [0.25, 0.3) is 11.1 Å². The molecule has 174 valence electrons. The Morgan fingerprint density at radius 1 is 1.09 bits per heavy atom. The number of ether oxygens (including phenoxy) is 1. The SMILES string of the molecule is CN1C=C2C=CCC(=O)C2=C(C[C@@H](NC(=O)OCc2ccc(-c3ccccc3)cc2)C(=O)O)C1. The van der Waals surface area contributed by atoms with Crippen LogP contribution >= 0.6 is 0 Å². The van der Waals surface area contributed by atoms with Gasteiger partial charge >= 0.3 is 12.1 Å². The molecule has 1 aliphatic heterocycles. The van der Waals surface area contributed by atoms with E-state index in [-0.39, 0.29) is 25.2 Å². The predicted molar refractivity (Wildman–Crippen MR) is 128 cm³/mol. The molecule has 1 amide bonds. The quantitative estimate of drug-likeness (QED) is 0.649. The second kappa shape index (κ2) is 10.2. The van der Waals surface area contributed by atoms with E-state index in [1.807, 2.05) is 78.8 Å². The number of carboxylic acid groups (broad SMARTS) is 1. The van der Waals surface area contributed by atoms with E-state index in [1.54, 1.807) is 6.08 Å². The van der Waals surface area contributed by atoms with Crippen molar-refractivity contribution in [2.24, 2.45) is 0 Å². The number of allylic oxidation sites excluding steroid dienone is 4. The smallest absolute Gasteiger partial charge is 0.408 e. The zero-order valence-electron chi connectivity index (χ0n) is 18.9. The maximum Gasteiger partial charge on any atom is 0.408 e. The number of nitrogens with zero attached hydrogens (tertiary/aromatic N) is 1. The molecular weight excluding hydrogens is 432 g/mol. The number of hydrogen-bond acceptors (Lipinski definition) is 5. The van der Waals surface area contributed by atoms with E-state index in [0.29, 0.717) is 17.7 Å². The van der Waals surface area contributed by atoms with E-state index in [2.05, 4.69) is 5.32 Å². The molecule has 7 nitrogen and oxygen atoms in total. The van der Waals surface area contributed by atoms with Gasteiger partial charge in [0.1, 0.15) is 12.6 Å². The van der Waals surface area contributed by atoms with E-state index in [1.165, 1.54) is 0 Å². The maximum absolute atomic E-state index is 12.5. The molecular formula is C27H26N2O5. The Bertz CT molecular complexity index is 1180. The van der Waals surface area contributed by atoms with Crippen molar-refractivity contribution in [2.45, 2.75) is 25.5 Å². The first-order chi connectivity index (χ1) is 16.4. The average Bonchev–Trinajstić information content (AvgIpc) is 2.83. The summed E-state index contributed by atoms with van der Waals surface area (Å²) in [6.45, 7) is 0.437. The Morgan fingerprint density at radius 2 is 1.79 bits per heavy atom. The number of rotatable bonds is 7. The normalized spacial score (nSPS) is 16.0. The molecule has 4 rings (SSSR count). The third kappa shape index (κ3) is 5.43. The molecule has 0 saturated heterocycles. The highest BCUT2D eigenvalue weighted by molar-refractivity contribution is 6.03. The van der Waals surface area contributed by atoms with Crippen LogP contribution in [0.15, 0.2) is 89.7 Å². The minimum Gasteiger partial charge on any atom is -0.480 e.